The second-order valence-electron chi connectivity index (χ2n) is 10.6. The molecule has 11 heteroatoms. The van der Waals surface area contributed by atoms with Gasteiger partial charge in [0.2, 0.25) is 0 Å². The maximum Gasteiger partial charge on any atom is 0.407 e. The van der Waals surface area contributed by atoms with Crippen LogP contribution in [0, 0.1) is 31.0 Å². The number of carboxylic acid groups (broad SMARTS) is 1. The molecule has 5 rings (SSSR count). The maximum absolute atomic E-state index is 15.4. The fourth-order valence-electron chi connectivity index (χ4n) is 5.40. The number of pyridine rings is 2. The number of nitriles is 1. The number of halogens is 1. The van der Waals surface area contributed by atoms with Gasteiger partial charge in [-0.15, -0.1) is 0 Å². The number of hydrogen-bond acceptors (Lipinski definition) is 7. The SMILES string of the molecule is Cc1cccc(-c2nc3c(cc2C#N)c(N2CCN(C(=O)O)C[C@@H]2C)nc(=O)n3-c2c(C)ccnc2C(C)C)c1F. The number of anilines is 1. The predicted molar refractivity (Wildman–Crippen MR) is 153 cm³/mol. The normalized spacial score (nSPS) is 15.4. The Bertz CT molecular complexity index is 1790. The highest BCUT2D eigenvalue weighted by molar-refractivity contribution is 5.92. The van der Waals surface area contributed by atoms with E-state index in [1.807, 2.05) is 32.6 Å². The number of rotatable bonds is 4. The average molecular weight is 556 g/mol. The minimum atomic E-state index is -1.02. The standard InChI is InChI=1S/C30H30FN7O3/c1-16(2)24-26(18(4)9-10-33-24)38-28-22(13-20(14-32)25(34-28)21-8-6-7-17(3)23(21)31)27(35-29(38)39)37-12-11-36(30(40)41)15-19(37)5/h6-10,13,16,19H,11-12,15H2,1-5H3,(H,40,41)/t19-/m0/s1. The van der Waals surface area contributed by atoms with Crippen molar-refractivity contribution in [3.8, 4) is 23.0 Å². The van der Waals surface area contributed by atoms with E-state index in [-0.39, 0.29) is 47.5 Å². The molecular weight excluding hydrogens is 525 g/mol. The zero-order valence-electron chi connectivity index (χ0n) is 23.5. The van der Waals surface area contributed by atoms with Gasteiger partial charge in [0.25, 0.3) is 0 Å². The molecule has 0 unspecified atom stereocenters. The molecule has 0 saturated carbocycles. The molecule has 0 spiro atoms. The summed E-state index contributed by atoms with van der Waals surface area (Å²) in [5.74, 6) is -0.243. The molecule has 0 radical (unpaired) electrons. The molecule has 1 atom stereocenters. The molecule has 4 heterocycles. The molecule has 1 aromatic carbocycles. The predicted octanol–water partition coefficient (Wildman–Crippen LogP) is 4.78. The van der Waals surface area contributed by atoms with Crippen LogP contribution in [0.25, 0.3) is 28.0 Å². The minimum Gasteiger partial charge on any atom is -0.465 e. The van der Waals surface area contributed by atoms with E-state index >= 15 is 4.39 Å². The van der Waals surface area contributed by atoms with E-state index in [1.54, 1.807) is 43.5 Å². The number of hydrogen-bond donors (Lipinski definition) is 1. The Kier molecular flexibility index (Phi) is 7.17. The molecule has 1 amide bonds. The zero-order chi connectivity index (χ0) is 29.6. The summed E-state index contributed by atoms with van der Waals surface area (Å²) in [5.41, 5.74) is 2.37. The van der Waals surface area contributed by atoms with Gasteiger partial charge in [-0.05, 0) is 56.0 Å². The van der Waals surface area contributed by atoms with Gasteiger partial charge in [-0.25, -0.2) is 23.5 Å². The van der Waals surface area contributed by atoms with Crippen molar-refractivity contribution in [2.75, 3.05) is 24.5 Å². The lowest BCUT2D eigenvalue weighted by atomic mass is 10.0. The molecule has 1 aliphatic heterocycles. The minimum absolute atomic E-state index is 0.0392. The second kappa shape index (κ2) is 10.6. The first-order valence-corrected chi connectivity index (χ1v) is 13.4. The lowest BCUT2D eigenvalue weighted by Gasteiger charge is -2.39. The summed E-state index contributed by atoms with van der Waals surface area (Å²) in [5, 5.41) is 20.1. The van der Waals surface area contributed by atoms with Crippen molar-refractivity contribution in [1.82, 2.24) is 24.4 Å². The molecule has 10 nitrogen and oxygen atoms in total. The lowest BCUT2D eigenvalue weighted by molar-refractivity contribution is 0.136. The van der Waals surface area contributed by atoms with Crippen molar-refractivity contribution in [1.29, 1.82) is 5.26 Å². The Morgan fingerprint density at radius 1 is 1.17 bits per heavy atom. The fourth-order valence-corrected chi connectivity index (χ4v) is 5.40. The summed E-state index contributed by atoms with van der Waals surface area (Å²) in [6.45, 7) is 10.0. The smallest absolute Gasteiger partial charge is 0.407 e. The fraction of sp³-hybridized carbons (Fsp3) is 0.333. The third-order valence-corrected chi connectivity index (χ3v) is 7.51. The topological polar surface area (TPSA) is 128 Å². The number of nitrogens with zero attached hydrogens (tertiary/aromatic N) is 7. The van der Waals surface area contributed by atoms with Gasteiger partial charge < -0.3 is 14.9 Å². The largest absolute Gasteiger partial charge is 0.465 e. The highest BCUT2D eigenvalue weighted by Crippen LogP contribution is 2.34. The van der Waals surface area contributed by atoms with E-state index in [2.05, 4.69) is 16.0 Å². The van der Waals surface area contributed by atoms with Gasteiger partial charge in [0.1, 0.15) is 17.7 Å². The van der Waals surface area contributed by atoms with Crippen LogP contribution < -0.4 is 10.6 Å². The Morgan fingerprint density at radius 2 is 1.93 bits per heavy atom. The van der Waals surface area contributed by atoms with Crippen LogP contribution in [-0.2, 0) is 0 Å². The first-order chi connectivity index (χ1) is 19.5. The summed E-state index contributed by atoms with van der Waals surface area (Å²) >= 11 is 0. The van der Waals surface area contributed by atoms with Gasteiger partial charge in [-0.3, -0.25) is 4.98 Å². The van der Waals surface area contributed by atoms with Crippen molar-refractivity contribution >= 4 is 22.9 Å². The third kappa shape index (κ3) is 4.75. The number of benzene rings is 1. The summed E-state index contributed by atoms with van der Waals surface area (Å²) in [7, 11) is 0. The van der Waals surface area contributed by atoms with Crippen LogP contribution in [0.5, 0.6) is 0 Å². The lowest BCUT2D eigenvalue weighted by Crippen LogP contribution is -2.54. The van der Waals surface area contributed by atoms with E-state index < -0.39 is 17.6 Å². The van der Waals surface area contributed by atoms with Gasteiger partial charge in [0.05, 0.1) is 28.0 Å². The number of aryl methyl sites for hydroxylation is 2. The third-order valence-electron chi connectivity index (χ3n) is 7.51. The van der Waals surface area contributed by atoms with E-state index in [0.29, 0.717) is 34.7 Å². The summed E-state index contributed by atoms with van der Waals surface area (Å²) in [4.78, 5) is 42.6. The first kappa shape index (κ1) is 27.7. The van der Waals surface area contributed by atoms with Gasteiger partial charge in [0, 0.05) is 37.4 Å². The number of piperazine rings is 1. The number of amides is 1. The molecule has 1 fully saturated rings. The summed E-state index contributed by atoms with van der Waals surface area (Å²) in [6, 6.07) is 10.1. The van der Waals surface area contributed by atoms with Gasteiger partial charge in [-0.2, -0.15) is 10.2 Å². The van der Waals surface area contributed by atoms with Gasteiger partial charge in [-0.1, -0.05) is 26.0 Å². The summed E-state index contributed by atoms with van der Waals surface area (Å²) in [6.07, 6.45) is 0.665. The van der Waals surface area contributed by atoms with Crippen LogP contribution in [0.4, 0.5) is 15.0 Å². The molecule has 3 aromatic heterocycles. The molecule has 1 aliphatic rings. The Hall–Kier alpha value is -4.85. The highest BCUT2D eigenvalue weighted by Gasteiger charge is 2.31. The molecule has 0 aliphatic carbocycles. The first-order valence-electron chi connectivity index (χ1n) is 13.4. The van der Waals surface area contributed by atoms with Crippen molar-refractivity contribution in [2.45, 2.75) is 46.6 Å². The van der Waals surface area contributed by atoms with E-state index in [4.69, 9.17) is 4.98 Å². The molecule has 4 aromatic rings. The monoisotopic (exact) mass is 555 g/mol. The van der Waals surface area contributed by atoms with E-state index in [9.17, 15) is 20.0 Å². The Labute approximate surface area is 236 Å². The molecule has 0 bridgehead atoms. The van der Waals surface area contributed by atoms with Crippen molar-refractivity contribution in [3.05, 3.63) is 75.2 Å². The summed E-state index contributed by atoms with van der Waals surface area (Å²) < 4.78 is 16.8. The quantitative estimate of drug-likeness (QED) is 0.381. The van der Waals surface area contributed by atoms with E-state index in [1.165, 1.54) is 9.47 Å². The molecular formula is C30H30FN7O3. The van der Waals surface area contributed by atoms with Crippen LogP contribution in [0.3, 0.4) is 0 Å². The number of carbonyl (C=O) groups is 1. The van der Waals surface area contributed by atoms with Crippen LogP contribution in [0.1, 0.15) is 49.1 Å². The van der Waals surface area contributed by atoms with Crippen molar-refractivity contribution < 1.29 is 14.3 Å². The molecule has 1 saturated heterocycles. The average Bonchev–Trinajstić information content (AvgIpc) is 2.93. The maximum atomic E-state index is 15.4. The second-order valence-corrected chi connectivity index (χ2v) is 10.6. The molecule has 1 N–H and O–H groups in total. The van der Waals surface area contributed by atoms with E-state index in [0.717, 1.165) is 5.56 Å². The molecule has 210 valence electrons. The van der Waals surface area contributed by atoms with Crippen LogP contribution in [0.2, 0.25) is 0 Å². The van der Waals surface area contributed by atoms with Crippen LogP contribution >= 0.6 is 0 Å². The Morgan fingerprint density at radius 3 is 2.59 bits per heavy atom. The van der Waals surface area contributed by atoms with Crippen molar-refractivity contribution in [3.63, 3.8) is 0 Å². The highest BCUT2D eigenvalue weighted by atomic mass is 19.1. The van der Waals surface area contributed by atoms with Crippen LogP contribution in [-0.4, -0.2) is 61.3 Å². The van der Waals surface area contributed by atoms with Crippen LogP contribution in [0.15, 0.2) is 41.3 Å². The van der Waals surface area contributed by atoms with Gasteiger partial charge >= 0.3 is 11.8 Å². The Balaban J connectivity index is 1.88. The number of aromatic nitrogens is 4. The van der Waals surface area contributed by atoms with Gasteiger partial charge in [0.15, 0.2) is 5.65 Å². The molecule has 41 heavy (non-hydrogen) atoms. The zero-order valence-corrected chi connectivity index (χ0v) is 23.5. The number of fused-ring (bicyclic) bond motifs is 1. The van der Waals surface area contributed by atoms with Crippen molar-refractivity contribution in [2.24, 2.45) is 0 Å².